The third kappa shape index (κ3) is 5.62. The fourth-order valence-electron chi connectivity index (χ4n) is 3.10. The standard InChI is InChI=1S/C21H20F3N3O3S3/c1-3-26(4-2)33(29,30)16-8-5-14(6-9-16)11-17-19(28)27(20(31)32-17)13-15-7-10-18(25-12-15)21(22,23)24/h5-12H,3-4,13H2,1-2H3/b17-11-. The van der Waals surface area contributed by atoms with Crippen molar-refractivity contribution < 1.29 is 26.4 Å². The third-order valence-corrected chi connectivity index (χ3v) is 8.29. The molecule has 176 valence electrons. The number of amides is 1. The maximum Gasteiger partial charge on any atom is 0.433 e. The summed E-state index contributed by atoms with van der Waals surface area (Å²) in [6.45, 7) is 4.24. The van der Waals surface area contributed by atoms with Gasteiger partial charge in [-0.1, -0.05) is 56.0 Å². The second-order valence-electron chi connectivity index (χ2n) is 6.98. The third-order valence-electron chi connectivity index (χ3n) is 4.85. The predicted octanol–water partition coefficient (Wildman–Crippen LogP) is 4.53. The molecule has 1 aromatic carbocycles. The fourth-order valence-corrected chi connectivity index (χ4v) is 5.82. The first-order valence-electron chi connectivity index (χ1n) is 9.85. The Morgan fingerprint density at radius 1 is 1.12 bits per heavy atom. The molecule has 1 saturated heterocycles. The summed E-state index contributed by atoms with van der Waals surface area (Å²) in [6, 6.07) is 8.28. The molecule has 0 atom stereocenters. The van der Waals surface area contributed by atoms with E-state index in [-0.39, 0.29) is 21.7 Å². The molecule has 0 N–H and O–H groups in total. The molecule has 0 unspecified atom stereocenters. The maximum absolute atomic E-state index is 12.8. The lowest BCUT2D eigenvalue weighted by molar-refractivity contribution is -0.141. The number of carbonyl (C=O) groups is 1. The van der Waals surface area contributed by atoms with Gasteiger partial charge < -0.3 is 0 Å². The van der Waals surface area contributed by atoms with Crippen molar-refractivity contribution in [3.05, 3.63) is 64.3 Å². The highest BCUT2D eigenvalue weighted by molar-refractivity contribution is 8.26. The monoisotopic (exact) mass is 515 g/mol. The number of hydrogen-bond donors (Lipinski definition) is 0. The Labute approximate surface area is 199 Å². The van der Waals surface area contributed by atoms with Crippen LogP contribution in [0.1, 0.15) is 30.7 Å². The smallest absolute Gasteiger partial charge is 0.288 e. The number of nitrogens with zero attached hydrogens (tertiary/aromatic N) is 3. The van der Waals surface area contributed by atoms with E-state index in [1.807, 2.05) is 0 Å². The first-order valence-corrected chi connectivity index (χ1v) is 12.5. The van der Waals surface area contributed by atoms with E-state index in [4.69, 9.17) is 12.2 Å². The lowest BCUT2D eigenvalue weighted by Gasteiger charge is -2.18. The molecule has 1 aliphatic rings. The van der Waals surface area contributed by atoms with E-state index in [1.165, 1.54) is 27.4 Å². The summed E-state index contributed by atoms with van der Waals surface area (Å²) in [5.74, 6) is -0.385. The highest BCUT2D eigenvalue weighted by atomic mass is 32.2. The van der Waals surface area contributed by atoms with Crippen LogP contribution < -0.4 is 0 Å². The molecular formula is C21H20F3N3O3S3. The predicted molar refractivity (Wildman–Crippen MR) is 125 cm³/mol. The Morgan fingerprint density at radius 3 is 2.27 bits per heavy atom. The van der Waals surface area contributed by atoms with Crippen LogP contribution in [0.15, 0.2) is 52.4 Å². The van der Waals surface area contributed by atoms with Gasteiger partial charge in [0.15, 0.2) is 0 Å². The lowest BCUT2D eigenvalue weighted by Crippen LogP contribution is -2.30. The van der Waals surface area contributed by atoms with Gasteiger partial charge in [-0.25, -0.2) is 8.42 Å². The van der Waals surface area contributed by atoms with Crippen LogP contribution in [-0.2, 0) is 27.5 Å². The van der Waals surface area contributed by atoms with Crippen LogP contribution in [-0.4, -0.2) is 45.9 Å². The van der Waals surface area contributed by atoms with Crippen LogP contribution in [0.4, 0.5) is 13.2 Å². The summed E-state index contributed by atoms with van der Waals surface area (Å²) in [7, 11) is -3.59. The molecule has 0 spiro atoms. The Balaban J connectivity index is 1.75. The van der Waals surface area contributed by atoms with E-state index < -0.39 is 21.9 Å². The van der Waals surface area contributed by atoms with Crippen LogP contribution in [0.2, 0.25) is 0 Å². The number of carbonyl (C=O) groups excluding carboxylic acids is 1. The lowest BCUT2D eigenvalue weighted by atomic mass is 10.2. The van der Waals surface area contributed by atoms with Gasteiger partial charge in [-0.2, -0.15) is 17.5 Å². The number of benzene rings is 1. The largest absolute Gasteiger partial charge is 0.433 e. The van der Waals surface area contributed by atoms with Crippen molar-refractivity contribution in [1.82, 2.24) is 14.2 Å². The summed E-state index contributed by atoms with van der Waals surface area (Å²) < 4.78 is 64.9. The van der Waals surface area contributed by atoms with Gasteiger partial charge in [0.2, 0.25) is 10.0 Å². The van der Waals surface area contributed by atoms with Gasteiger partial charge >= 0.3 is 6.18 Å². The Bertz CT molecular complexity index is 1180. The molecule has 33 heavy (non-hydrogen) atoms. The molecule has 6 nitrogen and oxygen atoms in total. The number of thioether (sulfide) groups is 1. The number of thiocarbonyl (C=S) groups is 1. The maximum atomic E-state index is 12.8. The Kier molecular flexibility index (Phi) is 7.62. The average molecular weight is 516 g/mol. The molecule has 2 heterocycles. The molecule has 12 heteroatoms. The van der Waals surface area contributed by atoms with Crippen molar-refractivity contribution in [2.24, 2.45) is 0 Å². The minimum atomic E-state index is -4.54. The van der Waals surface area contributed by atoms with E-state index >= 15 is 0 Å². The first-order chi connectivity index (χ1) is 15.5. The number of alkyl halides is 3. The molecule has 0 bridgehead atoms. The summed E-state index contributed by atoms with van der Waals surface area (Å²) in [5.41, 5.74) is 0.0136. The number of aromatic nitrogens is 1. The first kappa shape index (κ1) is 25.3. The van der Waals surface area contributed by atoms with E-state index in [1.54, 1.807) is 32.1 Å². The molecule has 3 rings (SSSR count). The molecule has 1 amide bonds. The van der Waals surface area contributed by atoms with E-state index in [0.29, 0.717) is 29.1 Å². The summed E-state index contributed by atoms with van der Waals surface area (Å²) in [4.78, 5) is 18.0. The van der Waals surface area contributed by atoms with Gasteiger partial charge in [0.05, 0.1) is 16.3 Å². The summed E-state index contributed by atoms with van der Waals surface area (Å²) >= 11 is 6.33. The highest BCUT2D eigenvalue weighted by Crippen LogP contribution is 2.34. The average Bonchev–Trinajstić information content (AvgIpc) is 3.02. The molecule has 1 fully saturated rings. The van der Waals surface area contributed by atoms with Crippen molar-refractivity contribution in [3.8, 4) is 0 Å². The molecule has 1 aromatic heterocycles. The minimum Gasteiger partial charge on any atom is -0.288 e. The van der Waals surface area contributed by atoms with Gasteiger partial charge in [0.1, 0.15) is 10.0 Å². The van der Waals surface area contributed by atoms with Crippen LogP contribution in [0.25, 0.3) is 6.08 Å². The molecule has 2 aromatic rings. The molecular weight excluding hydrogens is 495 g/mol. The number of rotatable bonds is 7. The topological polar surface area (TPSA) is 70.6 Å². The van der Waals surface area contributed by atoms with Gasteiger partial charge in [0, 0.05) is 19.3 Å². The van der Waals surface area contributed by atoms with Crippen molar-refractivity contribution >= 4 is 50.3 Å². The molecule has 1 aliphatic heterocycles. The van der Waals surface area contributed by atoms with Crippen LogP contribution >= 0.6 is 24.0 Å². The number of pyridine rings is 1. The summed E-state index contributed by atoms with van der Waals surface area (Å²) in [6.07, 6.45) is -1.87. The highest BCUT2D eigenvalue weighted by Gasteiger charge is 2.34. The summed E-state index contributed by atoms with van der Waals surface area (Å²) in [5, 5.41) is 0. The van der Waals surface area contributed by atoms with Gasteiger partial charge in [-0.15, -0.1) is 0 Å². The van der Waals surface area contributed by atoms with Crippen molar-refractivity contribution in [2.75, 3.05) is 13.1 Å². The fraction of sp³-hybridized carbons (Fsp3) is 0.286. The Hall–Kier alpha value is -2.28. The van der Waals surface area contributed by atoms with Crippen molar-refractivity contribution in [3.63, 3.8) is 0 Å². The zero-order valence-electron chi connectivity index (χ0n) is 17.7. The number of halogens is 3. The van der Waals surface area contributed by atoms with Crippen LogP contribution in [0.5, 0.6) is 0 Å². The molecule has 0 aliphatic carbocycles. The molecule has 0 saturated carbocycles. The minimum absolute atomic E-state index is 0.00576. The van der Waals surface area contributed by atoms with E-state index in [0.717, 1.165) is 24.0 Å². The quantitative estimate of drug-likeness (QED) is 0.399. The second-order valence-corrected chi connectivity index (χ2v) is 10.6. The zero-order chi connectivity index (χ0) is 24.4. The van der Waals surface area contributed by atoms with Gasteiger partial charge in [-0.3, -0.25) is 14.7 Å². The zero-order valence-corrected chi connectivity index (χ0v) is 20.1. The SMILES string of the molecule is CCN(CC)S(=O)(=O)c1ccc(/C=C2\SC(=S)N(Cc3ccc(C(F)(F)F)nc3)C2=O)cc1. The van der Waals surface area contributed by atoms with E-state index in [9.17, 15) is 26.4 Å². The second kappa shape index (κ2) is 9.92. The van der Waals surface area contributed by atoms with Crippen LogP contribution in [0.3, 0.4) is 0 Å². The van der Waals surface area contributed by atoms with Crippen molar-refractivity contribution in [1.29, 1.82) is 0 Å². The van der Waals surface area contributed by atoms with Gasteiger partial charge in [-0.05, 0) is 35.4 Å². The Morgan fingerprint density at radius 2 is 1.76 bits per heavy atom. The van der Waals surface area contributed by atoms with Crippen LogP contribution in [0, 0.1) is 0 Å². The number of sulfonamides is 1. The normalized spacial score (nSPS) is 16.3. The molecule has 0 radical (unpaired) electrons. The van der Waals surface area contributed by atoms with E-state index in [2.05, 4.69) is 4.98 Å². The van der Waals surface area contributed by atoms with Gasteiger partial charge in [0.25, 0.3) is 5.91 Å². The number of hydrogen-bond acceptors (Lipinski definition) is 6. The van der Waals surface area contributed by atoms with Crippen molar-refractivity contribution in [2.45, 2.75) is 31.5 Å².